The van der Waals surface area contributed by atoms with Gasteiger partial charge < -0.3 is 4.74 Å². The van der Waals surface area contributed by atoms with Crippen LogP contribution in [0.1, 0.15) is 22.5 Å². The smallest absolute Gasteiger partial charge is 0.232 e. The Morgan fingerprint density at radius 2 is 1.95 bits per heavy atom. The minimum Gasteiger partial charge on any atom is -0.496 e. The van der Waals surface area contributed by atoms with Crippen molar-refractivity contribution in [1.82, 2.24) is 9.97 Å². The first-order valence-electron chi connectivity index (χ1n) is 5.96. The van der Waals surface area contributed by atoms with Crippen molar-refractivity contribution in [3.05, 3.63) is 40.8 Å². The quantitative estimate of drug-likeness (QED) is 0.825. The molecule has 0 N–H and O–H groups in total. The van der Waals surface area contributed by atoms with E-state index in [0.717, 1.165) is 22.4 Å². The van der Waals surface area contributed by atoms with Crippen LogP contribution in [0.3, 0.4) is 0 Å². The second kappa shape index (κ2) is 5.07. The van der Waals surface area contributed by atoms with E-state index in [2.05, 4.69) is 23.0 Å². The number of aryl methyl sites for hydroxylation is 2. The van der Waals surface area contributed by atoms with E-state index in [1.165, 1.54) is 5.56 Å². The zero-order chi connectivity index (χ0) is 14.0. The van der Waals surface area contributed by atoms with Gasteiger partial charge in [-0.25, -0.2) is 9.97 Å². The van der Waals surface area contributed by atoms with Crippen LogP contribution in [0.25, 0.3) is 11.3 Å². The molecule has 1 heterocycles. The summed E-state index contributed by atoms with van der Waals surface area (Å²) < 4.78 is 5.52. The third kappa shape index (κ3) is 2.27. The van der Waals surface area contributed by atoms with Crippen molar-refractivity contribution in [1.29, 1.82) is 5.26 Å². The van der Waals surface area contributed by atoms with Crippen molar-refractivity contribution < 1.29 is 4.74 Å². The average molecular weight is 253 g/mol. The molecule has 0 spiro atoms. The van der Waals surface area contributed by atoms with Gasteiger partial charge in [-0.3, -0.25) is 0 Å². The van der Waals surface area contributed by atoms with E-state index in [1.54, 1.807) is 19.4 Å². The van der Waals surface area contributed by atoms with E-state index in [9.17, 15) is 0 Å². The van der Waals surface area contributed by atoms with E-state index in [-0.39, 0.29) is 5.82 Å². The third-order valence-corrected chi connectivity index (χ3v) is 3.20. The molecule has 4 nitrogen and oxygen atoms in total. The van der Waals surface area contributed by atoms with Crippen molar-refractivity contribution in [3.8, 4) is 23.1 Å². The van der Waals surface area contributed by atoms with Crippen LogP contribution >= 0.6 is 0 Å². The standard InChI is InChI=1S/C15H15N3O/c1-9-7-10(2)14(15(19-4)11(9)3)12-5-6-17-13(8-16)18-12/h5-7H,1-4H3. The Labute approximate surface area is 112 Å². The van der Waals surface area contributed by atoms with Crippen molar-refractivity contribution in [2.24, 2.45) is 0 Å². The number of methoxy groups -OCH3 is 1. The minimum atomic E-state index is 0.164. The van der Waals surface area contributed by atoms with Gasteiger partial charge in [-0.05, 0) is 43.5 Å². The minimum absolute atomic E-state index is 0.164. The monoisotopic (exact) mass is 253 g/mol. The lowest BCUT2D eigenvalue weighted by molar-refractivity contribution is 0.412. The van der Waals surface area contributed by atoms with E-state index < -0.39 is 0 Å². The highest BCUT2D eigenvalue weighted by molar-refractivity contribution is 5.74. The second-order valence-electron chi connectivity index (χ2n) is 4.42. The SMILES string of the molecule is COc1c(C)c(C)cc(C)c1-c1ccnc(C#N)n1. The predicted molar refractivity (Wildman–Crippen MR) is 72.9 cm³/mol. The van der Waals surface area contributed by atoms with E-state index in [1.807, 2.05) is 19.9 Å². The van der Waals surface area contributed by atoms with Crippen LogP contribution in [-0.2, 0) is 0 Å². The number of benzene rings is 1. The van der Waals surface area contributed by atoms with Crippen LogP contribution in [0.2, 0.25) is 0 Å². The lowest BCUT2D eigenvalue weighted by atomic mass is 9.97. The molecule has 1 aromatic heterocycles. The summed E-state index contributed by atoms with van der Waals surface area (Å²) in [6, 6.07) is 5.85. The molecule has 0 bridgehead atoms. The number of hydrogen-bond donors (Lipinski definition) is 0. The number of nitriles is 1. The molecular weight excluding hydrogens is 238 g/mol. The molecule has 0 amide bonds. The maximum absolute atomic E-state index is 8.90. The fourth-order valence-electron chi connectivity index (χ4n) is 2.18. The summed E-state index contributed by atoms with van der Waals surface area (Å²) in [5, 5.41) is 8.90. The number of nitrogens with zero attached hydrogens (tertiary/aromatic N) is 3. The largest absolute Gasteiger partial charge is 0.496 e. The van der Waals surface area contributed by atoms with Crippen LogP contribution in [0.15, 0.2) is 18.3 Å². The molecule has 0 aliphatic carbocycles. The molecule has 2 rings (SSSR count). The van der Waals surface area contributed by atoms with Gasteiger partial charge in [-0.15, -0.1) is 0 Å². The molecule has 0 atom stereocenters. The topological polar surface area (TPSA) is 58.8 Å². The normalized spacial score (nSPS) is 10.1. The summed E-state index contributed by atoms with van der Waals surface area (Å²) in [4.78, 5) is 8.14. The Hall–Kier alpha value is -2.41. The molecule has 0 fully saturated rings. The van der Waals surface area contributed by atoms with Gasteiger partial charge >= 0.3 is 0 Å². The number of ether oxygens (including phenoxy) is 1. The van der Waals surface area contributed by atoms with Crippen molar-refractivity contribution in [2.75, 3.05) is 7.11 Å². The summed E-state index contributed by atoms with van der Waals surface area (Å²) >= 11 is 0. The van der Waals surface area contributed by atoms with Gasteiger partial charge in [0.25, 0.3) is 0 Å². The Bertz CT molecular complexity index is 672. The summed E-state index contributed by atoms with van der Waals surface area (Å²) in [5.74, 6) is 0.970. The molecule has 1 aromatic carbocycles. The van der Waals surface area contributed by atoms with Crippen molar-refractivity contribution in [2.45, 2.75) is 20.8 Å². The highest BCUT2D eigenvalue weighted by atomic mass is 16.5. The maximum Gasteiger partial charge on any atom is 0.232 e. The second-order valence-corrected chi connectivity index (χ2v) is 4.42. The Balaban J connectivity index is 2.74. The van der Waals surface area contributed by atoms with Crippen molar-refractivity contribution >= 4 is 0 Å². The molecule has 4 heteroatoms. The molecule has 19 heavy (non-hydrogen) atoms. The van der Waals surface area contributed by atoms with Crippen LogP contribution in [0, 0.1) is 32.1 Å². The number of rotatable bonds is 2. The lowest BCUT2D eigenvalue weighted by Gasteiger charge is -2.16. The first-order valence-corrected chi connectivity index (χ1v) is 5.96. The van der Waals surface area contributed by atoms with Gasteiger partial charge in [-0.2, -0.15) is 5.26 Å². The maximum atomic E-state index is 8.90. The van der Waals surface area contributed by atoms with E-state index in [4.69, 9.17) is 10.00 Å². The van der Waals surface area contributed by atoms with Gasteiger partial charge in [0.1, 0.15) is 11.8 Å². The Morgan fingerprint density at radius 3 is 2.58 bits per heavy atom. The van der Waals surface area contributed by atoms with Crippen molar-refractivity contribution in [3.63, 3.8) is 0 Å². The fourth-order valence-corrected chi connectivity index (χ4v) is 2.18. The van der Waals surface area contributed by atoms with E-state index in [0.29, 0.717) is 5.69 Å². The highest BCUT2D eigenvalue weighted by Gasteiger charge is 2.15. The molecule has 0 saturated heterocycles. The average Bonchev–Trinajstić information content (AvgIpc) is 2.42. The Kier molecular flexibility index (Phi) is 3.48. The lowest BCUT2D eigenvalue weighted by Crippen LogP contribution is -1.99. The van der Waals surface area contributed by atoms with Crippen LogP contribution in [0.4, 0.5) is 0 Å². The third-order valence-electron chi connectivity index (χ3n) is 3.20. The molecular formula is C15H15N3O. The zero-order valence-electron chi connectivity index (χ0n) is 11.5. The fraction of sp³-hybridized carbons (Fsp3) is 0.267. The highest BCUT2D eigenvalue weighted by Crippen LogP contribution is 2.36. The van der Waals surface area contributed by atoms with Gasteiger partial charge in [0.05, 0.1) is 12.8 Å². The van der Waals surface area contributed by atoms with Crippen LogP contribution in [0.5, 0.6) is 5.75 Å². The van der Waals surface area contributed by atoms with Crippen LogP contribution in [-0.4, -0.2) is 17.1 Å². The van der Waals surface area contributed by atoms with E-state index >= 15 is 0 Å². The van der Waals surface area contributed by atoms with Gasteiger partial charge in [0.2, 0.25) is 5.82 Å². The molecule has 0 saturated carbocycles. The summed E-state index contributed by atoms with van der Waals surface area (Å²) in [7, 11) is 1.65. The Morgan fingerprint density at radius 1 is 1.21 bits per heavy atom. The van der Waals surface area contributed by atoms with Gasteiger partial charge in [0, 0.05) is 11.8 Å². The van der Waals surface area contributed by atoms with Gasteiger partial charge in [-0.1, -0.05) is 6.07 Å². The zero-order valence-corrected chi connectivity index (χ0v) is 11.5. The molecule has 0 aliphatic heterocycles. The predicted octanol–water partition coefficient (Wildman–Crippen LogP) is 2.95. The van der Waals surface area contributed by atoms with Gasteiger partial charge in [0.15, 0.2) is 0 Å². The first-order chi connectivity index (χ1) is 9.08. The summed E-state index contributed by atoms with van der Waals surface area (Å²) in [6.07, 6.45) is 1.59. The molecule has 2 aromatic rings. The van der Waals surface area contributed by atoms with Crippen LogP contribution < -0.4 is 4.74 Å². The number of hydrogen-bond acceptors (Lipinski definition) is 4. The molecule has 0 radical (unpaired) electrons. The molecule has 0 unspecified atom stereocenters. The summed E-state index contributed by atoms with van der Waals surface area (Å²) in [5.41, 5.74) is 4.96. The first kappa shape index (κ1) is 13.0. The molecule has 96 valence electrons. The summed E-state index contributed by atoms with van der Waals surface area (Å²) in [6.45, 7) is 6.08. The molecule has 0 aliphatic rings. The number of aromatic nitrogens is 2.